The van der Waals surface area contributed by atoms with Crippen LogP contribution in [-0.4, -0.2) is 9.13 Å². The monoisotopic (exact) mass is 620 g/mol. The third kappa shape index (κ3) is 4.28. The van der Waals surface area contributed by atoms with Gasteiger partial charge in [-0.15, -0.1) is 0 Å². The van der Waals surface area contributed by atoms with E-state index in [2.05, 4.69) is 0 Å². The van der Waals surface area contributed by atoms with E-state index in [-0.39, 0.29) is 11.1 Å². The smallest absolute Gasteiger partial charge is 0.309 e. The summed E-state index contributed by atoms with van der Waals surface area (Å²) in [7, 11) is 0. The molecule has 0 aliphatic carbocycles. The molecule has 0 amide bonds. The van der Waals surface area contributed by atoms with Crippen LogP contribution in [-0.2, 0) is 12.4 Å². The SMILES string of the molecule is FC(F)(F)c1ccc(-n2c3ccccc3c3ccccc32)c(-c2cc(C(F)(F)F)ccc2-n2c3ccccc3c3ccccc32)c1. The average Bonchev–Trinajstić information content (AvgIpc) is 3.56. The molecule has 0 unspecified atom stereocenters. The largest absolute Gasteiger partial charge is 0.416 e. The van der Waals surface area contributed by atoms with E-state index >= 15 is 0 Å². The van der Waals surface area contributed by atoms with E-state index in [1.54, 1.807) is 0 Å². The molecule has 6 aromatic carbocycles. The normalized spacial score (nSPS) is 12.6. The maximum Gasteiger partial charge on any atom is 0.416 e. The molecule has 46 heavy (non-hydrogen) atoms. The zero-order valence-corrected chi connectivity index (χ0v) is 23.9. The Labute approximate surface area is 258 Å². The van der Waals surface area contributed by atoms with Crippen molar-refractivity contribution in [1.29, 1.82) is 0 Å². The zero-order chi connectivity index (χ0) is 31.8. The molecule has 0 saturated heterocycles. The highest BCUT2D eigenvalue weighted by Crippen LogP contribution is 2.44. The topological polar surface area (TPSA) is 9.86 Å². The van der Waals surface area contributed by atoms with Crippen molar-refractivity contribution >= 4 is 43.6 Å². The zero-order valence-electron chi connectivity index (χ0n) is 23.9. The van der Waals surface area contributed by atoms with Gasteiger partial charge in [-0.2, -0.15) is 26.3 Å². The van der Waals surface area contributed by atoms with E-state index < -0.39 is 23.5 Å². The minimum Gasteiger partial charge on any atom is -0.309 e. The summed E-state index contributed by atoms with van der Waals surface area (Å²) >= 11 is 0. The van der Waals surface area contributed by atoms with E-state index in [0.29, 0.717) is 11.4 Å². The van der Waals surface area contributed by atoms with Gasteiger partial charge in [-0.05, 0) is 60.7 Å². The fraction of sp³-hybridized carbons (Fsp3) is 0.0526. The molecular weight excluding hydrogens is 598 g/mol. The van der Waals surface area contributed by atoms with Gasteiger partial charge in [-0.1, -0.05) is 72.8 Å². The number of halogens is 6. The van der Waals surface area contributed by atoms with Crippen molar-refractivity contribution in [3.05, 3.63) is 145 Å². The van der Waals surface area contributed by atoms with Crippen LogP contribution in [0.3, 0.4) is 0 Å². The van der Waals surface area contributed by atoms with E-state index in [9.17, 15) is 26.3 Å². The maximum atomic E-state index is 14.3. The molecule has 226 valence electrons. The standard InChI is InChI=1S/C38H22F6N2/c39-37(40,41)23-17-19-35(45-31-13-5-1-9-25(31)26-10-2-6-14-32(26)45)29(21-23)30-22-24(38(42,43)44)18-20-36(30)46-33-15-7-3-11-27(33)28-12-4-8-16-34(28)46/h1-22H. The molecule has 8 heteroatoms. The minimum absolute atomic E-state index is 0.0179. The number of para-hydroxylation sites is 4. The first-order chi connectivity index (χ1) is 22.1. The number of benzene rings is 6. The maximum absolute atomic E-state index is 14.3. The lowest BCUT2D eigenvalue weighted by molar-refractivity contribution is -0.138. The summed E-state index contributed by atoms with van der Waals surface area (Å²) < 4.78 is 89.6. The third-order valence-corrected chi connectivity index (χ3v) is 8.58. The van der Waals surface area contributed by atoms with Gasteiger partial charge in [0.15, 0.2) is 0 Å². The van der Waals surface area contributed by atoms with Crippen LogP contribution >= 0.6 is 0 Å². The van der Waals surface area contributed by atoms with Gasteiger partial charge in [-0.25, -0.2) is 0 Å². The van der Waals surface area contributed by atoms with Crippen molar-refractivity contribution in [2.24, 2.45) is 0 Å². The van der Waals surface area contributed by atoms with Crippen molar-refractivity contribution in [3.8, 4) is 22.5 Å². The number of aromatic nitrogens is 2. The predicted molar refractivity (Wildman–Crippen MR) is 171 cm³/mol. The molecule has 2 heterocycles. The Kier molecular flexibility index (Phi) is 6.09. The van der Waals surface area contributed by atoms with Crippen LogP contribution in [0.1, 0.15) is 11.1 Å². The molecule has 8 aromatic rings. The Morgan fingerprint density at radius 2 is 0.630 bits per heavy atom. The average molecular weight is 621 g/mol. The number of hydrogen-bond acceptors (Lipinski definition) is 0. The number of fused-ring (bicyclic) bond motifs is 6. The summed E-state index contributed by atoms with van der Waals surface area (Å²) in [6, 6.07) is 36.5. The second-order valence-corrected chi connectivity index (χ2v) is 11.2. The fourth-order valence-electron chi connectivity index (χ4n) is 6.61. The first kappa shape index (κ1) is 28.0. The van der Waals surface area contributed by atoms with Crippen LogP contribution in [0.4, 0.5) is 26.3 Å². The van der Waals surface area contributed by atoms with Crippen molar-refractivity contribution in [2.45, 2.75) is 12.4 Å². The number of hydrogen-bond donors (Lipinski definition) is 0. The molecule has 0 bridgehead atoms. The minimum atomic E-state index is -4.73. The molecular formula is C38H22F6N2. The van der Waals surface area contributed by atoms with Gasteiger partial charge in [0.2, 0.25) is 0 Å². The van der Waals surface area contributed by atoms with Gasteiger partial charge < -0.3 is 9.13 Å². The summed E-state index contributed by atoms with van der Waals surface area (Å²) in [6.45, 7) is 0. The Hall–Kier alpha value is -5.50. The van der Waals surface area contributed by atoms with Gasteiger partial charge in [-0.3, -0.25) is 0 Å². The molecule has 2 aromatic heterocycles. The van der Waals surface area contributed by atoms with Crippen LogP contribution < -0.4 is 0 Å². The fourth-order valence-corrected chi connectivity index (χ4v) is 6.61. The molecule has 0 fully saturated rings. The summed E-state index contributed by atoms with van der Waals surface area (Å²) in [5.41, 5.74) is 1.64. The molecule has 0 aliphatic rings. The highest BCUT2D eigenvalue weighted by molar-refractivity contribution is 6.11. The summed E-state index contributed by atoms with van der Waals surface area (Å²) in [4.78, 5) is 0. The lowest BCUT2D eigenvalue weighted by Gasteiger charge is -2.21. The van der Waals surface area contributed by atoms with Gasteiger partial charge in [0.25, 0.3) is 0 Å². The highest BCUT2D eigenvalue weighted by atomic mass is 19.4. The van der Waals surface area contributed by atoms with Crippen LogP contribution in [0, 0.1) is 0 Å². The summed E-state index contributed by atoms with van der Waals surface area (Å²) in [5.74, 6) is 0. The van der Waals surface area contributed by atoms with Gasteiger partial charge in [0, 0.05) is 32.7 Å². The van der Waals surface area contributed by atoms with Crippen molar-refractivity contribution in [1.82, 2.24) is 9.13 Å². The van der Waals surface area contributed by atoms with Gasteiger partial charge in [0.05, 0.1) is 44.6 Å². The van der Waals surface area contributed by atoms with Crippen LogP contribution in [0.15, 0.2) is 133 Å². The third-order valence-electron chi connectivity index (χ3n) is 8.58. The molecule has 0 aliphatic heterocycles. The molecule has 0 saturated carbocycles. The lowest BCUT2D eigenvalue weighted by atomic mass is 9.96. The molecule has 0 radical (unpaired) electrons. The van der Waals surface area contributed by atoms with Crippen LogP contribution in [0.2, 0.25) is 0 Å². The van der Waals surface area contributed by atoms with Gasteiger partial charge >= 0.3 is 12.4 Å². The number of nitrogens with zero attached hydrogens (tertiary/aromatic N) is 2. The second kappa shape index (κ2) is 10.0. The Morgan fingerprint density at radius 3 is 0.913 bits per heavy atom. The molecule has 0 N–H and O–H groups in total. The number of alkyl halides is 6. The van der Waals surface area contributed by atoms with Crippen molar-refractivity contribution in [2.75, 3.05) is 0 Å². The van der Waals surface area contributed by atoms with Crippen molar-refractivity contribution in [3.63, 3.8) is 0 Å². The van der Waals surface area contributed by atoms with E-state index in [4.69, 9.17) is 0 Å². The summed E-state index contributed by atoms with van der Waals surface area (Å²) in [5, 5.41) is 3.48. The van der Waals surface area contributed by atoms with Gasteiger partial charge in [0.1, 0.15) is 0 Å². The van der Waals surface area contributed by atoms with Crippen LogP contribution in [0.5, 0.6) is 0 Å². The number of rotatable bonds is 3. The molecule has 0 spiro atoms. The Morgan fingerprint density at radius 1 is 0.348 bits per heavy atom. The van der Waals surface area contributed by atoms with E-state index in [1.807, 2.05) is 106 Å². The van der Waals surface area contributed by atoms with Crippen molar-refractivity contribution < 1.29 is 26.3 Å². The molecule has 8 rings (SSSR count). The first-order valence-corrected chi connectivity index (χ1v) is 14.5. The molecule has 2 nitrogen and oxygen atoms in total. The highest BCUT2D eigenvalue weighted by Gasteiger charge is 2.34. The van der Waals surface area contributed by atoms with E-state index in [0.717, 1.165) is 67.9 Å². The summed E-state index contributed by atoms with van der Waals surface area (Å²) in [6.07, 6.45) is -9.47. The first-order valence-electron chi connectivity index (χ1n) is 14.5. The second-order valence-electron chi connectivity index (χ2n) is 11.2. The Bertz CT molecular complexity index is 2180. The van der Waals surface area contributed by atoms with Crippen LogP contribution in [0.25, 0.3) is 66.1 Å². The Balaban J connectivity index is 1.54. The van der Waals surface area contributed by atoms with E-state index in [1.165, 1.54) is 12.1 Å². The predicted octanol–water partition coefficient (Wildman–Crippen LogP) is 11.6. The lowest BCUT2D eigenvalue weighted by Crippen LogP contribution is -2.10. The quantitative estimate of drug-likeness (QED) is 0.174. The molecule has 0 atom stereocenters.